The average Bonchev–Trinajstić information content (AvgIpc) is 2.88. The zero-order valence-electron chi connectivity index (χ0n) is 11.3. The van der Waals surface area contributed by atoms with Gasteiger partial charge in [0, 0.05) is 16.6 Å². The lowest BCUT2D eigenvalue weighted by Gasteiger charge is -2.29. The van der Waals surface area contributed by atoms with Crippen molar-refractivity contribution < 1.29 is 9.52 Å². The van der Waals surface area contributed by atoms with Gasteiger partial charge in [-0.05, 0) is 43.7 Å². The lowest BCUT2D eigenvalue weighted by molar-refractivity contribution is 0.0635. The molecule has 0 bridgehead atoms. The van der Waals surface area contributed by atoms with Crippen LogP contribution in [0.3, 0.4) is 0 Å². The molecule has 1 aliphatic rings. The predicted molar refractivity (Wildman–Crippen MR) is 82.4 cm³/mol. The number of β-amino-alcohol motifs (C(OH)–C–C–N with tert-alkyl or cyclic N) is 1. The molecule has 0 radical (unpaired) electrons. The van der Waals surface area contributed by atoms with E-state index < -0.39 is 0 Å². The van der Waals surface area contributed by atoms with E-state index in [1.165, 1.54) is 0 Å². The van der Waals surface area contributed by atoms with Gasteiger partial charge < -0.3 is 9.52 Å². The van der Waals surface area contributed by atoms with Crippen molar-refractivity contribution in [1.29, 1.82) is 0 Å². The summed E-state index contributed by atoms with van der Waals surface area (Å²) in [5, 5.41) is 9.69. The van der Waals surface area contributed by atoms with E-state index >= 15 is 0 Å². The van der Waals surface area contributed by atoms with Gasteiger partial charge in [-0.1, -0.05) is 28.1 Å². The Balaban J connectivity index is 1.69. The van der Waals surface area contributed by atoms with Gasteiger partial charge in [0.2, 0.25) is 0 Å². The Morgan fingerprint density at radius 3 is 2.75 bits per heavy atom. The van der Waals surface area contributed by atoms with E-state index in [9.17, 15) is 5.11 Å². The Hall–Kier alpha value is -1.10. The monoisotopic (exact) mass is 335 g/mol. The van der Waals surface area contributed by atoms with Gasteiger partial charge in [0.05, 0.1) is 12.6 Å². The number of nitrogens with zero attached hydrogens (tertiary/aromatic N) is 1. The summed E-state index contributed by atoms with van der Waals surface area (Å²) in [5.74, 6) is 1.85. The molecule has 1 saturated heterocycles. The number of hydrogen-bond donors (Lipinski definition) is 1. The first-order chi connectivity index (χ1) is 9.70. The van der Waals surface area contributed by atoms with Crippen molar-refractivity contribution in [2.24, 2.45) is 0 Å². The van der Waals surface area contributed by atoms with Crippen LogP contribution in [0, 0.1) is 0 Å². The normalized spacial score (nSPS) is 20.2. The highest BCUT2D eigenvalue weighted by molar-refractivity contribution is 9.10. The highest BCUT2D eigenvalue weighted by Crippen LogP contribution is 2.25. The Morgan fingerprint density at radius 2 is 2.00 bits per heavy atom. The van der Waals surface area contributed by atoms with E-state index in [1.807, 2.05) is 36.4 Å². The minimum atomic E-state index is -0.190. The second-order valence-corrected chi connectivity index (χ2v) is 6.22. The number of hydrogen-bond acceptors (Lipinski definition) is 3. The van der Waals surface area contributed by atoms with Crippen LogP contribution in [0.2, 0.25) is 0 Å². The fraction of sp³-hybridized carbons (Fsp3) is 0.375. The van der Waals surface area contributed by atoms with Crippen molar-refractivity contribution in [3.8, 4) is 11.3 Å². The van der Waals surface area contributed by atoms with Crippen molar-refractivity contribution in [3.05, 3.63) is 46.6 Å². The van der Waals surface area contributed by atoms with Crippen LogP contribution in [-0.2, 0) is 6.54 Å². The van der Waals surface area contributed by atoms with Crippen LogP contribution in [0.1, 0.15) is 18.6 Å². The summed E-state index contributed by atoms with van der Waals surface area (Å²) in [6.45, 7) is 2.55. The maximum Gasteiger partial charge on any atom is 0.134 e. The van der Waals surface area contributed by atoms with Crippen molar-refractivity contribution in [2.75, 3.05) is 13.1 Å². The Morgan fingerprint density at radius 1 is 1.20 bits per heavy atom. The van der Waals surface area contributed by atoms with Crippen molar-refractivity contribution in [1.82, 2.24) is 4.90 Å². The highest BCUT2D eigenvalue weighted by Gasteiger charge is 2.18. The molecule has 0 aliphatic carbocycles. The van der Waals surface area contributed by atoms with Crippen LogP contribution < -0.4 is 0 Å². The third-order valence-electron chi connectivity index (χ3n) is 3.65. The van der Waals surface area contributed by atoms with Gasteiger partial charge in [-0.2, -0.15) is 0 Å². The summed E-state index contributed by atoms with van der Waals surface area (Å²) < 4.78 is 6.97. The van der Waals surface area contributed by atoms with Crippen molar-refractivity contribution in [3.63, 3.8) is 0 Å². The molecule has 1 atom stereocenters. The molecule has 2 heterocycles. The first kappa shape index (κ1) is 13.9. The number of halogens is 1. The maximum absolute atomic E-state index is 9.69. The number of furan rings is 1. The fourth-order valence-electron chi connectivity index (χ4n) is 2.63. The molecule has 0 amide bonds. The number of likely N-dealkylation sites (tertiary alicyclic amines) is 1. The molecule has 0 spiro atoms. The standard InChI is InChI=1S/C16H18BrNO2/c17-13-5-3-12(4-6-13)16-8-7-15(20-16)11-18-9-1-2-14(19)10-18/h3-8,14,19H,1-2,9-11H2. The van der Waals surface area contributed by atoms with Gasteiger partial charge in [-0.15, -0.1) is 0 Å². The van der Waals surface area contributed by atoms with Crippen molar-refractivity contribution in [2.45, 2.75) is 25.5 Å². The van der Waals surface area contributed by atoms with E-state index in [4.69, 9.17) is 4.42 Å². The molecule has 4 heteroatoms. The van der Waals surface area contributed by atoms with Gasteiger partial charge in [0.1, 0.15) is 11.5 Å². The van der Waals surface area contributed by atoms with Crippen LogP contribution in [0.25, 0.3) is 11.3 Å². The third kappa shape index (κ3) is 3.32. The molecule has 3 rings (SSSR count). The lowest BCUT2D eigenvalue weighted by atomic mass is 10.1. The largest absolute Gasteiger partial charge is 0.460 e. The average molecular weight is 336 g/mol. The zero-order chi connectivity index (χ0) is 13.9. The topological polar surface area (TPSA) is 36.6 Å². The molecule has 20 heavy (non-hydrogen) atoms. The minimum Gasteiger partial charge on any atom is -0.460 e. The molecule has 1 aromatic carbocycles. The number of benzene rings is 1. The predicted octanol–water partition coefficient (Wildman–Crippen LogP) is 3.67. The van der Waals surface area contributed by atoms with Crippen LogP contribution in [0.15, 0.2) is 45.3 Å². The Kier molecular flexibility index (Phi) is 4.24. The summed E-state index contributed by atoms with van der Waals surface area (Å²) in [4.78, 5) is 2.25. The van der Waals surface area contributed by atoms with Gasteiger partial charge in [-0.25, -0.2) is 0 Å². The molecule has 1 unspecified atom stereocenters. The van der Waals surface area contributed by atoms with Crippen LogP contribution >= 0.6 is 15.9 Å². The molecule has 2 aromatic rings. The summed E-state index contributed by atoms with van der Waals surface area (Å²) >= 11 is 3.43. The quantitative estimate of drug-likeness (QED) is 0.929. The smallest absolute Gasteiger partial charge is 0.134 e. The highest BCUT2D eigenvalue weighted by atomic mass is 79.9. The van der Waals surface area contributed by atoms with Gasteiger partial charge >= 0.3 is 0 Å². The second kappa shape index (κ2) is 6.12. The van der Waals surface area contributed by atoms with Crippen molar-refractivity contribution >= 4 is 15.9 Å². The van der Waals surface area contributed by atoms with E-state index in [2.05, 4.69) is 20.8 Å². The molecule has 106 valence electrons. The second-order valence-electron chi connectivity index (χ2n) is 5.30. The Labute approximate surface area is 127 Å². The van der Waals surface area contributed by atoms with Crippen LogP contribution in [0.5, 0.6) is 0 Å². The first-order valence-corrected chi connectivity index (χ1v) is 7.75. The van der Waals surface area contributed by atoms with E-state index in [0.717, 1.165) is 54.0 Å². The molecule has 1 fully saturated rings. The van der Waals surface area contributed by atoms with E-state index in [0.29, 0.717) is 0 Å². The fourth-order valence-corrected chi connectivity index (χ4v) is 2.89. The molecule has 1 aliphatic heterocycles. The van der Waals surface area contributed by atoms with Gasteiger partial charge in [0.15, 0.2) is 0 Å². The first-order valence-electron chi connectivity index (χ1n) is 6.96. The summed E-state index contributed by atoms with van der Waals surface area (Å²) in [6, 6.07) is 12.1. The van der Waals surface area contributed by atoms with E-state index in [1.54, 1.807) is 0 Å². The molecule has 1 N–H and O–H groups in total. The molecule has 0 saturated carbocycles. The van der Waals surface area contributed by atoms with Crippen LogP contribution in [0.4, 0.5) is 0 Å². The summed E-state index contributed by atoms with van der Waals surface area (Å²) in [5.41, 5.74) is 1.08. The zero-order valence-corrected chi connectivity index (χ0v) is 12.8. The van der Waals surface area contributed by atoms with Crippen LogP contribution in [-0.4, -0.2) is 29.2 Å². The maximum atomic E-state index is 9.69. The molecule has 3 nitrogen and oxygen atoms in total. The Bertz CT molecular complexity index is 564. The number of aliphatic hydroxyl groups is 1. The number of piperidine rings is 1. The molecular weight excluding hydrogens is 318 g/mol. The molecule has 1 aromatic heterocycles. The SMILES string of the molecule is OC1CCCN(Cc2ccc(-c3ccc(Br)cc3)o2)C1. The molecular formula is C16H18BrNO2. The third-order valence-corrected chi connectivity index (χ3v) is 4.18. The summed E-state index contributed by atoms with van der Waals surface area (Å²) in [6.07, 6.45) is 1.78. The minimum absolute atomic E-state index is 0.190. The van der Waals surface area contributed by atoms with Gasteiger partial charge in [0.25, 0.3) is 0 Å². The number of aliphatic hydroxyl groups excluding tert-OH is 1. The summed E-state index contributed by atoms with van der Waals surface area (Å²) in [7, 11) is 0. The lowest BCUT2D eigenvalue weighted by Crippen LogP contribution is -2.37. The van der Waals surface area contributed by atoms with E-state index in [-0.39, 0.29) is 6.10 Å². The number of rotatable bonds is 3. The van der Waals surface area contributed by atoms with Gasteiger partial charge in [-0.3, -0.25) is 4.90 Å².